The fraction of sp³-hybridized carbons (Fsp3) is 0.368. The second kappa shape index (κ2) is 5.11. The van der Waals surface area contributed by atoms with E-state index in [0.29, 0.717) is 6.61 Å². The highest BCUT2D eigenvalue weighted by Crippen LogP contribution is 2.49. The molecular weight excluding hydrogens is 276 g/mol. The van der Waals surface area contributed by atoms with Gasteiger partial charge in [-0.25, -0.2) is 0 Å². The molecule has 0 atom stereocenters. The van der Waals surface area contributed by atoms with Gasteiger partial charge in [0.05, 0.1) is 17.8 Å². The van der Waals surface area contributed by atoms with E-state index in [0.717, 1.165) is 42.7 Å². The second-order valence-corrected chi connectivity index (χ2v) is 6.45. The third-order valence-corrected chi connectivity index (χ3v) is 4.94. The zero-order chi connectivity index (χ0) is 15.0. The molecule has 3 nitrogen and oxygen atoms in total. The average molecular weight is 296 g/mol. The fourth-order valence-electron chi connectivity index (χ4n) is 3.52. The maximum Gasteiger partial charge on any atom is 0.127 e. The summed E-state index contributed by atoms with van der Waals surface area (Å²) in [6.45, 7) is 0.441. The summed E-state index contributed by atoms with van der Waals surface area (Å²) in [5.41, 5.74) is 0.308. The Labute approximate surface area is 130 Å². The largest absolute Gasteiger partial charge is 0.457 e. The number of fused-ring (bicyclic) bond motifs is 3. The van der Waals surface area contributed by atoms with Crippen LogP contribution >= 0.6 is 0 Å². The van der Waals surface area contributed by atoms with E-state index in [-0.39, 0.29) is 5.60 Å². The second-order valence-electron chi connectivity index (χ2n) is 6.45. The third-order valence-electron chi connectivity index (χ3n) is 4.94. The number of rotatable bonds is 3. The minimum absolute atomic E-state index is 0.249. The van der Waals surface area contributed by atoms with E-state index < -0.39 is 5.60 Å². The molecule has 2 aliphatic heterocycles. The summed E-state index contributed by atoms with van der Waals surface area (Å²) >= 11 is 0. The predicted molar refractivity (Wildman–Crippen MR) is 84.0 cm³/mol. The Morgan fingerprint density at radius 2 is 1.59 bits per heavy atom. The normalized spacial score (nSPS) is 30.2. The van der Waals surface area contributed by atoms with Crippen molar-refractivity contribution in [2.75, 3.05) is 6.61 Å². The number of hydrogen-bond donors (Lipinski definition) is 1. The molecule has 1 saturated carbocycles. The molecule has 2 aromatic carbocycles. The van der Waals surface area contributed by atoms with Crippen molar-refractivity contribution in [3.63, 3.8) is 0 Å². The van der Waals surface area contributed by atoms with Gasteiger partial charge in [0.2, 0.25) is 0 Å². The van der Waals surface area contributed by atoms with Gasteiger partial charge in [-0.15, -0.1) is 0 Å². The number of para-hydroxylation sites is 1. The molecule has 1 N–H and O–H groups in total. The molecule has 3 heteroatoms. The molecule has 2 aromatic rings. The predicted octanol–water partition coefficient (Wildman–Crippen LogP) is 4.01. The quantitative estimate of drug-likeness (QED) is 0.930. The SMILES string of the molecule is OC12CCC(c3cccc(Oc4ccccc4)c3)(CC1)OC2. The van der Waals surface area contributed by atoms with Crippen LogP contribution in [-0.4, -0.2) is 17.3 Å². The number of ether oxygens (including phenoxy) is 2. The molecule has 5 rings (SSSR count). The Kier molecular flexibility index (Phi) is 3.21. The minimum atomic E-state index is -0.597. The van der Waals surface area contributed by atoms with Gasteiger partial charge in [-0.3, -0.25) is 0 Å². The molecule has 2 saturated heterocycles. The number of aliphatic hydroxyl groups is 1. The highest BCUT2D eigenvalue weighted by Gasteiger charge is 2.49. The molecule has 3 aliphatic rings. The Morgan fingerprint density at radius 1 is 0.864 bits per heavy atom. The van der Waals surface area contributed by atoms with Crippen LogP contribution in [0, 0.1) is 0 Å². The van der Waals surface area contributed by atoms with Gasteiger partial charge in [0, 0.05) is 0 Å². The van der Waals surface area contributed by atoms with Crippen LogP contribution < -0.4 is 4.74 Å². The van der Waals surface area contributed by atoms with E-state index in [2.05, 4.69) is 12.1 Å². The van der Waals surface area contributed by atoms with Crippen molar-refractivity contribution >= 4 is 0 Å². The summed E-state index contributed by atoms with van der Waals surface area (Å²) in [6, 6.07) is 18.0. The smallest absolute Gasteiger partial charge is 0.127 e. The van der Waals surface area contributed by atoms with E-state index in [1.807, 2.05) is 42.5 Å². The van der Waals surface area contributed by atoms with Crippen molar-refractivity contribution in [1.82, 2.24) is 0 Å². The van der Waals surface area contributed by atoms with Gasteiger partial charge in [0.1, 0.15) is 11.5 Å². The molecule has 0 unspecified atom stereocenters. The maximum atomic E-state index is 10.3. The van der Waals surface area contributed by atoms with Crippen LogP contribution in [0.5, 0.6) is 11.5 Å². The van der Waals surface area contributed by atoms with E-state index in [1.54, 1.807) is 0 Å². The van der Waals surface area contributed by atoms with Gasteiger partial charge < -0.3 is 14.6 Å². The Hall–Kier alpha value is -1.84. The molecule has 22 heavy (non-hydrogen) atoms. The molecule has 1 aliphatic carbocycles. The number of benzene rings is 2. The summed E-state index contributed by atoms with van der Waals surface area (Å²) in [6.07, 6.45) is 3.38. The van der Waals surface area contributed by atoms with Crippen LogP contribution in [0.4, 0.5) is 0 Å². The Morgan fingerprint density at radius 3 is 2.27 bits per heavy atom. The lowest BCUT2D eigenvalue weighted by Crippen LogP contribution is -2.53. The van der Waals surface area contributed by atoms with Crippen LogP contribution in [0.3, 0.4) is 0 Å². The fourth-order valence-corrected chi connectivity index (χ4v) is 3.52. The van der Waals surface area contributed by atoms with Crippen LogP contribution in [0.25, 0.3) is 0 Å². The Balaban J connectivity index is 1.60. The van der Waals surface area contributed by atoms with Crippen molar-refractivity contribution in [2.45, 2.75) is 36.9 Å². The first kappa shape index (κ1) is 13.8. The van der Waals surface area contributed by atoms with Crippen molar-refractivity contribution in [2.24, 2.45) is 0 Å². The molecule has 0 aromatic heterocycles. The van der Waals surface area contributed by atoms with Gasteiger partial charge in [-0.1, -0.05) is 30.3 Å². The first-order valence-electron chi connectivity index (χ1n) is 7.87. The Bertz CT molecular complexity index is 641. The minimum Gasteiger partial charge on any atom is -0.457 e. The lowest BCUT2D eigenvalue weighted by atomic mass is 9.70. The first-order valence-corrected chi connectivity index (χ1v) is 7.87. The highest BCUT2D eigenvalue weighted by atomic mass is 16.5. The summed E-state index contributed by atoms with van der Waals surface area (Å²) < 4.78 is 12.0. The van der Waals surface area contributed by atoms with Gasteiger partial charge in [0.25, 0.3) is 0 Å². The van der Waals surface area contributed by atoms with E-state index in [9.17, 15) is 5.11 Å². The monoisotopic (exact) mass is 296 g/mol. The van der Waals surface area contributed by atoms with E-state index >= 15 is 0 Å². The van der Waals surface area contributed by atoms with Crippen LogP contribution in [0.1, 0.15) is 31.2 Å². The van der Waals surface area contributed by atoms with Crippen molar-refractivity contribution in [1.29, 1.82) is 0 Å². The van der Waals surface area contributed by atoms with E-state index in [4.69, 9.17) is 9.47 Å². The van der Waals surface area contributed by atoms with Gasteiger partial charge >= 0.3 is 0 Å². The molecule has 0 amide bonds. The zero-order valence-corrected chi connectivity index (χ0v) is 12.5. The van der Waals surface area contributed by atoms with Gasteiger partial charge in [0.15, 0.2) is 0 Å². The summed E-state index contributed by atoms with van der Waals surface area (Å²) in [4.78, 5) is 0. The van der Waals surface area contributed by atoms with Crippen molar-refractivity contribution < 1.29 is 14.6 Å². The average Bonchev–Trinajstić information content (AvgIpc) is 2.57. The summed E-state index contributed by atoms with van der Waals surface area (Å²) in [5, 5.41) is 10.3. The van der Waals surface area contributed by atoms with Gasteiger partial charge in [-0.2, -0.15) is 0 Å². The summed E-state index contributed by atoms with van der Waals surface area (Å²) in [5.74, 6) is 1.66. The molecule has 2 bridgehead atoms. The molecule has 3 fully saturated rings. The molecule has 2 heterocycles. The van der Waals surface area contributed by atoms with Crippen molar-refractivity contribution in [3.8, 4) is 11.5 Å². The van der Waals surface area contributed by atoms with Crippen LogP contribution in [-0.2, 0) is 10.3 Å². The molecule has 114 valence electrons. The lowest BCUT2D eigenvalue weighted by Gasteiger charge is -2.51. The maximum absolute atomic E-state index is 10.3. The van der Waals surface area contributed by atoms with E-state index in [1.165, 1.54) is 0 Å². The summed E-state index contributed by atoms with van der Waals surface area (Å²) in [7, 11) is 0. The topological polar surface area (TPSA) is 38.7 Å². The number of hydrogen-bond acceptors (Lipinski definition) is 3. The molecular formula is C19H20O3. The van der Waals surface area contributed by atoms with Crippen molar-refractivity contribution in [3.05, 3.63) is 60.2 Å². The standard InChI is InChI=1S/C19H20O3/c20-18-9-11-19(12-10-18,21-14-18)15-5-4-8-17(13-15)22-16-6-2-1-3-7-16/h1-8,13,20H,9-12,14H2. The molecule has 0 radical (unpaired) electrons. The third kappa shape index (κ3) is 2.40. The van der Waals surface area contributed by atoms with Gasteiger partial charge in [-0.05, 0) is 55.5 Å². The van der Waals surface area contributed by atoms with Crippen LogP contribution in [0.2, 0.25) is 0 Å². The highest BCUT2D eigenvalue weighted by molar-refractivity contribution is 5.37. The zero-order valence-electron chi connectivity index (χ0n) is 12.5. The lowest BCUT2D eigenvalue weighted by molar-refractivity contribution is -0.221. The first-order chi connectivity index (χ1) is 10.7. The van der Waals surface area contributed by atoms with Crippen LogP contribution in [0.15, 0.2) is 54.6 Å². The molecule has 0 spiro atoms.